The fraction of sp³-hybridized carbons (Fsp3) is 0.391. The zero-order valence-electron chi connectivity index (χ0n) is 21.3. The second-order valence-electron chi connectivity index (χ2n) is 8.42. The molecule has 0 saturated heterocycles. The molecule has 2 rings (SSSR count). The molecule has 0 N–H and O–H groups in total. The van der Waals surface area contributed by atoms with Crippen molar-refractivity contribution in [2.75, 3.05) is 6.61 Å². The molecule has 0 aliphatic rings. The van der Waals surface area contributed by atoms with Crippen molar-refractivity contribution < 1.29 is 53.9 Å². The van der Waals surface area contributed by atoms with E-state index in [-0.39, 0.29) is 27.0 Å². The first-order valence-electron chi connectivity index (χ1n) is 9.77. The number of aromatic nitrogens is 2. The summed E-state index contributed by atoms with van der Waals surface area (Å²) in [4.78, 5) is 17.8. The van der Waals surface area contributed by atoms with Crippen molar-refractivity contribution in [1.82, 2.24) is 9.73 Å². The molecule has 0 bridgehead atoms. The summed E-state index contributed by atoms with van der Waals surface area (Å²) in [5.74, 6) is 0.404. The van der Waals surface area contributed by atoms with E-state index in [1.807, 2.05) is 37.3 Å². The fourth-order valence-electron chi connectivity index (χ4n) is 3.58. The Labute approximate surface area is 230 Å². The van der Waals surface area contributed by atoms with E-state index in [9.17, 15) is 4.79 Å². The molecule has 1 heterocycles. The van der Waals surface area contributed by atoms with Crippen LogP contribution in [-0.2, 0) is 49.1 Å². The average Bonchev–Trinajstić information content (AvgIpc) is 3.29. The van der Waals surface area contributed by atoms with Gasteiger partial charge in [0.15, 0.2) is 11.3 Å². The van der Waals surface area contributed by atoms with E-state index >= 15 is 0 Å². The zero-order valence-corrected chi connectivity index (χ0v) is 27.1. The number of carbonyl (C=O) groups excluding carboxylic acids is 1. The summed E-state index contributed by atoms with van der Waals surface area (Å²) in [7, 11) is -4.04. The van der Waals surface area contributed by atoms with Gasteiger partial charge in [-0.05, 0) is 6.92 Å². The maximum Gasteiger partial charge on any atom is 0 e. The Bertz CT molecular complexity index is 912. The summed E-state index contributed by atoms with van der Waals surface area (Å²) >= 11 is 0. The molecule has 0 radical (unpaired) electrons. The van der Waals surface area contributed by atoms with Crippen LogP contribution in [0.5, 0.6) is 0 Å². The normalized spacial score (nSPS) is 9.44. The van der Waals surface area contributed by atoms with Gasteiger partial charge in [0.05, 0.1) is 22.8 Å². The van der Waals surface area contributed by atoms with Crippen LogP contribution < -0.4 is 0 Å². The van der Waals surface area contributed by atoms with Crippen LogP contribution in [0.1, 0.15) is 22.0 Å². The standard InChI is InChI=1S/C18H29N2O2PSi2.5CO.W/c1-8-22-17(21)16-19-15(14-12-10-9-11-13-14)20-23(16)18(24(2,3)4)25(5,6)7;5*1-2;/h9-13,18H,8H2,1-7H3;;;;;;. The Kier molecular flexibility index (Phi) is 30.5. The number of hydrogen-bond donors (Lipinski definition) is 0. The SMILES string of the molecule is CCOC(=O)c1nc(-c2ccccc2)np1C([Si](C)(C)C)[Si](C)(C)C.[C-]#[O+].[C-]#[O+].[C-]#[O+].[C-]#[O+].[C-]#[O+].[W]. The van der Waals surface area contributed by atoms with Gasteiger partial charge in [0, 0.05) is 39.2 Å². The summed E-state index contributed by atoms with van der Waals surface area (Å²) in [6.07, 6.45) is 0. The topological polar surface area (TPSA) is 152 Å². The number of carbonyl (C=O) groups is 1. The molecular weight excluding hydrogens is 687 g/mol. The molecule has 2 aromatic rings. The second-order valence-corrected chi connectivity index (χ2v) is 22.4. The third kappa shape index (κ3) is 15.3. The van der Waals surface area contributed by atoms with Crippen molar-refractivity contribution in [2.24, 2.45) is 0 Å². The van der Waals surface area contributed by atoms with E-state index in [2.05, 4.69) is 77.5 Å². The minimum absolute atomic E-state index is 0. The van der Waals surface area contributed by atoms with Crippen LogP contribution in [0.2, 0.25) is 39.3 Å². The third-order valence-corrected chi connectivity index (χ3v) is 20.2. The number of esters is 1. The van der Waals surface area contributed by atoms with Gasteiger partial charge in [-0.1, -0.05) is 69.6 Å². The Hall–Kier alpha value is -1.85. The number of hydrogen-bond acceptors (Lipinski definition) is 4. The van der Waals surface area contributed by atoms with Gasteiger partial charge in [0.1, 0.15) is 0 Å². The molecule has 1 atom stereocenters. The van der Waals surface area contributed by atoms with Crippen LogP contribution in [0.4, 0.5) is 0 Å². The molecule has 0 aliphatic heterocycles. The maximum absolute atomic E-state index is 12.6. The van der Waals surface area contributed by atoms with Crippen molar-refractivity contribution >= 4 is 29.8 Å². The Morgan fingerprint density at radius 1 is 0.861 bits per heavy atom. The van der Waals surface area contributed by atoms with Crippen LogP contribution in [0.25, 0.3) is 11.4 Å². The molecule has 0 aliphatic carbocycles. The summed E-state index contributed by atoms with van der Waals surface area (Å²) < 4.78 is 47.8. The molecule has 36 heavy (non-hydrogen) atoms. The first kappa shape index (κ1) is 44.2. The summed E-state index contributed by atoms with van der Waals surface area (Å²) in [5.41, 5.74) is 1.53. The largest absolute Gasteiger partial charge is 0 e. The molecule has 1 unspecified atom stereocenters. The van der Waals surface area contributed by atoms with E-state index in [0.717, 1.165) is 5.56 Å². The molecule has 0 saturated carbocycles. The molecule has 0 fully saturated rings. The Balaban J connectivity index is -0.000000259. The number of ether oxygens (including phenoxy) is 1. The van der Waals surface area contributed by atoms with E-state index in [1.54, 1.807) is 0 Å². The van der Waals surface area contributed by atoms with E-state index in [0.29, 0.717) is 22.8 Å². The molecule has 0 amide bonds. The van der Waals surface area contributed by atoms with Crippen molar-refractivity contribution in [3.05, 3.63) is 69.0 Å². The molecular formula is C23H29N2O7PSi2W. The summed E-state index contributed by atoms with van der Waals surface area (Å²) in [6.45, 7) is 39.0. The van der Waals surface area contributed by atoms with Gasteiger partial charge in [-0.2, -0.15) is 0 Å². The third-order valence-electron chi connectivity index (χ3n) is 4.01. The maximum atomic E-state index is 12.6. The molecule has 9 nitrogen and oxygen atoms in total. The van der Waals surface area contributed by atoms with Gasteiger partial charge in [-0.25, -0.2) is 14.5 Å². The predicted molar refractivity (Wildman–Crippen MR) is 132 cm³/mol. The van der Waals surface area contributed by atoms with Crippen LogP contribution in [0.3, 0.4) is 0 Å². The van der Waals surface area contributed by atoms with Crippen LogP contribution in [-0.4, -0.2) is 38.5 Å². The van der Waals surface area contributed by atoms with Crippen molar-refractivity contribution in [3.63, 3.8) is 0 Å². The van der Waals surface area contributed by atoms with Crippen molar-refractivity contribution in [1.29, 1.82) is 0 Å². The second kappa shape index (κ2) is 24.8. The quantitative estimate of drug-likeness (QED) is 0.170. The summed E-state index contributed by atoms with van der Waals surface area (Å²) in [6, 6.07) is 9.94. The minimum Gasteiger partial charge on any atom is 0 e. The number of rotatable bonds is 6. The monoisotopic (exact) mass is 716 g/mol. The Morgan fingerprint density at radius 3 is 1.58 bits per heavy atom. The Morgan fingerprint density at radius 2 is 1.25 bits per heavy atom. The molecule has 1 aromatic heterocycles. The van der Waals surface area contributed by atoms with Gasteiger partial charge in [0.2, 0.25) is 0 Å². The average molecular weight is 716 g/mol. The van der Waals surface area contributed by atoms with E-state index in [1.165, 1.54) is 0 Å². The smallest absolute Gasteiger partial charge is 0 e. The van der Waals surface area contributed by atoms with Gasteiger partial charge in [-0.15, -0.1) is 0 Å². The van der Waals surface area contributed by atoms with Crippen molar-refractivity contribution in [2.45, 2.75) is 51.1 Å². The molecule has 1 aromatic carbocycles. The minimum atomic E-state index is -1.53. The fourth-order valence-corrected chi connectivity index (χ4v) is 22.2. The summed E-state index contributed by atoms with van der Waals surface area (Å²) in [5, 5.41) is 0. The molecule has 192 valence electrons. The van der Waals surface area contributed by atoms with Gasteiger partial charge < -0.3 is 4.74 Å². The van der Waals surface area contributed by atoms with Gasteiger partial charge in [0.25, 0.3) is 0 Å². The molecule has 0 spiro atoms. The van der Waals surface area contributed by atoms with Crippen LogP contribution in [0.15, 0.2) is 30.3 Å². The number of nitrogens with zero attached hydrogens (tertiary/aromatic N) is 2. The van der Waals surface area contributed by atoms with Crippen LogP contribution in [0, 0.1) is 33.3 Å². The van der Waals surface area contributed by atoms with Crippen molar-refractivity contribution in [3.8, 4) is 11.4 Å². The number of benzene rings is 1. The van der Waals surface area contributed by atoms with E-state index in [4.69, 9.17) is 32.7 Å². The first-order valence-corrected chi connectivity index (χ1v) is 18.3. The predicted octanol–water partition coefficient (Wildman–Crippen LogP) is 5.41. The van der Waals surface area contributed by atoms with Gasteiger partial charge >= 0.3 is 62.5 Å². The van der Waals surface area contributed by atoms with Crippen LogP contribution >= 0.6 is 7.69 Å². The van der Waals surface area contributed by atoms with Gasteiger partial charge in [-0.3, -0.25) is 0 Å². The first-order chi connectivity index (χ1) is 16.6. The zero-order chi connectivity index (χ0) is 28.8. The molecule has 13 heteroatoms. The van der Waals surface area contributed by atoms with E-state index < -0.39 is 23.8 Å².